The van der Waals surface area contributed by atoms with Crippen molar-refractivity contribution in [2.75, 3.05) is 11.5 Å². The van der Waals surface area contributed by atoms with Crippen molar-refractivity contribution in [3.05, 3.63) is 72.8 Å². The van der Waals surface area contributed by atoms with Crippen molar-refractivity contribution < 1.29 is 10.2 Å². The van der Waals surface area contributed by atoms with Crippen LogP contribution >= 0.6 is 0 Å². The number of hydrogen-bond acceptors (Lipinski definition) is 4. The smallest absolute Gasteiger partial charge is 0.138 e. The molecule has 0 saturated heterocycles. The maximum absolute atomic E-state index is 9.56. The van der Waals surface area contributed by atoms with E-state index in [0.717, 1.165) is 11.1 Å². The van der Waals surface area contributed by atoms with Crippen molar-refractivity contribution in [3.8, 4) is 22.6 Å². The molecule has 0 aliphatic carbocycles. The zero-order valence-corrected chi connectivity index (χ0v) is 12.0. The van der Waals surface area contributed by atoms with Crippen molar-refractivity contribution in [2.24, 2.45) is 0 Å². The van der Waals surface area contributed by atoms with E-state index in [1.165, 1.54) is 12.1 Å². The third kappa shape index (κ3) is 3.93. The summed E-state index contributed by atoms with van der Waals surface area (Å²) in [5, 5.41) is 18.4. The van der Waals surface area contributed by atoms with Gasteiger partial charge < -0.3 is 21.7 Å². The standard InChI is InChI=1S/C12H10O.C6H8N2O/c13-12-9-5-4-8-11(12)10-6-2-1-3-7-10;7-4-1-2-6(9)5(8)3-4/h1-9,13H;1-3,9H,7-8H2. The first-order chi connectivity index (χ1) is 10.6. The predicted molar refractivity (Wildman–Crippen MR) is 90.5 cm³/mol. The third-order valence-electron chi connectivity index (χ3n) is 3.04. The summed E-state index contributed by atoms with van der Waals surface area (Å²) in [6.45, 7) is 0. The van der Waals surface area contributed by atoms with Crippen molar-refractivity contribution >= 4 is 11.4 Å². The van der Waals surface area contributed by atoms with Gasteiger partial charge in [-0.3, -0.25) is 0 Å². The molecule has 0 radical (unpaired) electrons. The summed E-state index contributed by atoms with van der Waals surface area (Å²) in [4.78, 5) is 0. The van der Waals surface area contributed by atoms with Gasteiger partial charge in [0.05, 0.1) is 5.69 Å². The Morgan fingerprint density at radius 1 is 0.636 bits per heavy atom. The number of para-hydroxylation sites is 1. The van der Waals surface area contributed by atoms with Crippen molar-refractivity contribution in [2.45, 2.75) is 0 Å². The van der Waals surface area contributed by atoms with Crippen LogP contribution in [0.5, 0.6) is 11.5 Å². The second-order valence-corrected chi connectivity index (χ2v) is 4.70. The number of rotatable bonds is 1. The van der Waals surface area contributed by atoms with Gasteiger partial charge in [0.15, 0.2) is 0 Å². The van der Waals surface area contributed by atoms with Crippen LogP contribution in [-0.2, 0) is 0 Å². The van der Waals surface area contributed by atoms with Crippen molar-refractivity contribution in [3.63, 3.8) is 0 Å². The summed E-state index contributed by atoms with van der Waals surface area (Å²) < 4.78 is 0. The lowest BCUT2D eigenvalue weighted by molar-refractivity contribution is 0.477. The van der Waals surface area contributed by atoms with Crippen LogP contribution in [0.15, 0.2) is 72.8 Å². The molecule has 0 aliphatic heterocycles. The van der Waals surface area contributed by atoms with Gasteiger partial charge >= 0.3 is 0 Å². The number of anilines is 2. The van der Waals surface area contributed by atoms with Crippen LogP contribution < -0.4 is 11.5 Å². The molecule has 0 atom stereocenters. The van der Waals surface area contributed by atoms with Gasteiger partial charge in [-0.25, -0.2) is 0 Å². The van der Waals surface area contributed by atoms with Crippen LogP contribution in [-0.4, -0.2) is 10.2 Å². The monoisotopic (exact) mass is 294 g/mol. The van der Waals surface area contributed by atoms with Gasteiger partial charge in [-0.1, -0.05) is 48.5 Å². The van der Waals surface area contributed by atoms with Gasteiger partial charge in [0, 0.05) is 11.3 Å². The van der Waals surface area contributed by atoms with E-state index < -0.39 is 0 Å². The maximum Gasteiger partial charge on any atom is 0.138 e. The number of nitrogens with two attached hydrogens (primary N) is 2. The van der Waals surface area contributed by atoms with Gasteiger partial charge in [0.25, 0.3) is 0 Å². The van der Waals surface area contributed by atoms with E-state index in [2.05, 4.69) is 0 Å². The molecule has 0 bridgehead atoms. The average molecular weight is 294 g/mol. The molecular weight excluding hydrogens is 276 g/mol. The molecule has 3 aromatic carbocycles. The number of phenolic OH excluding ortho intramolecular Hbond substituents is 2. The lowest BCUT2D eigenvalue weighted by Crippen LogP contribution is -1.88. The van der Waals surface area contributed by atoms with Gasteiger partial charge in [-0.15, -0.1) is 0 Å². The molecule has 3 rings (SSSR count). The molecule has 6 N–H and O–H groups in total. The summed E-state index contributed by atoms with van der Waals surface area (Å²) in [6.07, 6.45) is 0. The minimum Gasteiger partial charge on any atom is -0.507 e. The molecular formula is C18H18N2O2. The first kappa shape index (κ1) is 15.3. The second-order valence-electron chi connectivity index (χ2n) is 4.70. The highest BCUT2D eigenvalue weighted by Gasteiger charge is 2.00. The number of phenols is 2. The predicted octanol–water partition coefficient (Wildman–Crippen LogP) is 3.62. The minimum absolute atomic E-state index is 0.0733. The van der Waals surface area contributed by atoms with Crippen molar-refractivity contribution in [1.29, 1.82) is 0 Å². The lowest BCUT2D eigenvalue weighted by Gasteiger charge is -2.02. The highest BCUT2D eigenvalue weighted by atomic mass is 16.3. The Morgan fingerprint density at radius 3 is 1.86 bits per heavy atom. The van der Waals surface area contributed by atoms with E-state index in [1.54, 1.807) is 12.1 Å². The van der Waals surface area contributed by atoms with Crippen LogP contribution in [0.3, 0.4) is 0 Å². The minimum atomic E-state index is 0.0733. The van der Waals surface area contributed by atoms with Gasteiger partial charge in [0.2, 0.25) is 0 Å². The Morgan fingerprint density at radius 2 is 1.27 bits per heavy atom. The molecule has 0 aromatic heterocycles. The molecule has 3 aromatic rings. The Hall–Kier alpha value is -3.14. The van der Waals surface area contributed by atoms with Crippen molar-refractivity contribution in [1.82, 2.24) is 0 Å². The summed E-state index contributed by atoms with van der Waals surface area (Å²) in [6, 6.07) is 21.7. The molecule has 4 heteroatoms. The van der Waals surface area contributed by atoms with E-state index in [4.69, 9.17) is 16.6 Å². The molecule has 22 heavy (non-hydrogen) atoms. The highest BCUT2D eigenvalue weighted by Crippen LogP contribution is 2.27. The number of aromatic hydroxyl groups is 2. The number of hydrogen-bond donors (Lipinski definition) is 4. The quantitative estimate of drug-likeness (QED) is 0.313. The molecule has 112 valence electrons. The summed E-state index contributed by atoms with van der Waals surface area (Å²) >= 11 is 0. The molecule has 0 unspecified atom stereocenters. The van der Waals surface area contributed by atoms with Crippen LogP contribution in [0.1, 0.15) is 0 Å². The molecule has 0 aliphatic rings. The van der Waals surface area contributed by atoms with Crippen LogP contribution in [0.2, 0.25) is 0 Å². The van der Waals surface area contributed by atoms with E-state index in [-0.39, 0.29) is 5.75 Å². The first-order valence-corrected chi connectivity index (χ1v) is 6.75. The van der Waals surface area contributed by atoms with E-state index in [9.17, 15) is 5.11 Å². The van der Waals surface area contributed by atoms with Crippen LogP contribution in [0, 0.1) is 0 Å². The molecule has 4 nitrogen and oxygen atoms in total. The molecule has 0 spiro atoms. The Bertz CT molecular complexity index is 743. The van der Waals surface area contributed by atoms with Gasteiger partial charge in [-0.2, -0.15) is 0 Å². The summed E-state index contributed by atoms with van der Waals surface area (Å²) in [7, 11) is 0. The topological polar surface area (TPSA) is 92.5 Å². The van der Waals surface area contributed by atoms with E-state index in [1.807, 2.05) is 48.5 Å². The van der Waals surface area contributed by atoms with E-state index >= 15 is 0 Å². The van der Waals surface area contributed by atoms with Gasteiger partial charge in [0.1, 0.15) is 11.5 Å². The number of benzene rings is 3. The second kappa shape index (κ2) is 7.04. The average Bonchev–Trinajstić information content (AvgIpc) is 2.53. The van der Waals surface area contributed by atoms with Gasteiger partial charge in [-0.05, 0) is 29.8 Å². The highest BCUT2D eigenvalue weighted by molar-refractivity contribution is 5.69. The molecule has 0 amide bonds. The largest absolute Gasteiger partial charge is 0.507 e. The molecule has 0 heterocycles. The van der Waals surface area contributed by atoms with E-state index in [0.29, 0.717) is 17.1 Å². The third-order valence-corrected chi connectivity index (χ3v) is 3.04. The molecule has 0 saturated carbocycles. The fourth-order valence-electron chi connectivity index (χ4n) is 1.91. The lowest BCUT2D eigenvalue weighted by atomic mass is 10.1. The van der Waals surface area contributed by atoms with Crippen LogP contribution in [0.4, 0.5) is 11.4 Å². The number of nitrogen functional groups attached to an aromatic ring is 2. The summed E-state index contributed by atoms with van der Waals surface area (Å²) in [5.74, 6) is 0.401. The Balaban J connectivity index is 0.000000172. The summed E-state index contributed by atoms with van der Waals surface area (Å²) in [5.41, 5.74) is 13.4. The Kier molecular flexibility index (Phi) is 4.88. The normalized spacial score (nSPS) is 9.64. The fourth-order valence-corrected chi connectivity index (χ4v) is 1.91. The zero-order valence-electron chi connectivity index (χ0n) is 12.0. The first-order valence-electron chi connectivity index (χ1n) is 6.75. The van der Waals surface area contributed by atoms with Crippen LogP contribution in [0.25, 0.3) is 11.1 Å². The maximum atomic E-state index is 9.56. The Labute approximate surface area is 129 Å². The fraction of sp³-hybridized carbons (Fsp3) is 0. The SMILES string of the molecule is Nc1ccc(O)c(N)c1.Oc1ccccc1-c1ccccc1. The molecule has 0 fully saturated rings. The zero-order chi connectivity index (χ0) is 15.9.